The summed E-state index contributed by atoms with van der Waals surface area (Å²) in [6.07, 6.45) is 8.69. The average Bonchev–Trinajstić information content (AvgIpc) is 3.30. The molecule has 7 heteroatoms. The monoisotopic (exact) mass is 437 g/mol. The minimum atomic E-state index is 0.139. The van der Waals surface area contributed by atoms with Crippen molar-refractivity contribution in [3.8, 4) is 0 Å². The summed E-state index contributed by atoms with van der Waals surface area (Å²) < 4.78 is 5.74. The van der Waals surface area contributed by atoms with E-state index in [4.69, 9.17) is 4.42 Å². The quantitative estimate of drug-likeness (QED) is 0.431. The number of carbonyl (C=O) groups is 1. The van der Waals surface area contributed by atoms with E-state index in [1.807, 2.05) is 24.3 Å². The van der Waals surface area contributed by atoms with Crippen LogP contribution < -0.4 is 16.0 Å². The molecule has 1 aliphatic carbocycles. The van der Waals surface area contributed by atoms with Crippen molar-refractivity contribution in [1.82, 2.24) is 15.5 Å². The third kappa shape index (κ3) is 5.91. The van der Waals surface area contributed by atoms with Crippen LogP contribution in [0.4, 0.5) is 5.69 Å². The molecule has 1 saturated carbocycles. The Labute approximate surface area is 190 Å². The van der Waals surface area contributed by atoms with Crippen molar-refractivity contribution in [3.05, 3.63) is 54.0 Å². The lowest BCUT2D eigenvalue weighted by Crippen LogP contribution is -2.44. The van der Waals surface area contributed by atoms with Crippen molar-refractivity contribution in [3.63, 3.8) is 0 Å². The predicted octanol–water partition coefficient (Wildman–Crippen LogP) is 3.91. The first kappa shape index (κ1) is 22.4. The molecular weight excluding hydrogens is 402 g/mol. The second-order valence-corrected chi connectivity index (χ2v) is 8.75. The molecule has 1 amide bonds. The molecular formula is C25H35N5O2. The minimum Gasteiger partial charge on any atom is -0.468 e. The summed E-state index contributed by atoms with van der Waals surface area (Å²) >= 11 is 0. The summed E-state index contributed by atoms with van der Waals surface area (Å²) in [6.45, 7) is 3.55. The highest BCUT2D eigenvalue weighted by atomic mass is 16.3. The molecule has 172 valence electrons. The highest BCUT2D eigenvalue weighted by Crippen LogP contribution is 2.28. The van der Waals surface area contributed by atoms with Gasteiger partial charge >= 0.3 is 0 Å². The van der Waals surface area contributed by atoms with E-state index in [0.29, 0.717) is 6.54 Å². The van der Waals surface area contributed by atoms with Crippen LogP contribution in [0.1, 0.15) is 55.9 Å². The van der Waals surface area contributed by atoms with Crippen LogP contribution in [0.25, 0.3) is 0 Å². The van der Waals surface area contributed by atoms with Gasteiger partial charge in [-0.3, -0.25) is 14.7 Å². The molecule has 2 heterocycles. The fourth-order valence-electron chi connectivity index (χ4n) is 4.39. The Kier molecular flexibility index (Phi) is 7.82. The number of rotatable bonds is 8. The Bertz CT molecular complexity index is 885. The van der Waals surface area contributed by atoms with Crippen LogP contribution in [-0.4, -0.2) is 43.4 Å². The Morgan fingerprint density at radius 3 is 2.66 bits per heavy atom. The number of likely N-dealkylation sites (tertiary alicyclic amines) is 1. The van der Waals surface area contributed by atoms with Gasteiger partial charge in [-0.2, -0.15) is 0 Å². The number of carbonyl (C=O) groups excluding carboxylic acids is 1. The summed E-state index contributed by atoms with van der Waals surface area (Å²) in [6, 6.07) is 12.2. The number of nitrogens with one attached hydrogen (secondary N) is 3. The minimum absolute atomic E-state index is 0.139. The van der Waals surface area contributed by atoms with Gasteiger partial charge in [0.05, 0.1) is 12.3 Å². The maximum Gasteiger partial charge on any atom is 0.227 e. The van der Waals surface area contributed by atoms with Crippen LogP contribution in [0.3, 0.4) is 0 Å². The van der Waals surface area contributed by atoms with Gasteiger partial charge in [0.2, 0.25) is 5.91 Å². The van der Waals surface area contributed by atoms with Gasteiger partial charge in [-0.05, 0) is 68.6 Å². The van der Waals surface area contributed by atoms with E-state index in [-0.39, 0.29) is 17.9 Å². The van der Waals surface area contributed by atoms with Gasteiger partial charge in [0.15, 0.2) is 5.96 Å². The molecule has 1 saturated heterocycles. The van der Waals surface area contributed by atoms with E-state index in [9.17, 15) is 4.79 Å². The Morgan fingerprint density at radius 1 is 1.12 bits per heavy atom. The molecule has 0 radical (unpaired) electrons. The summed E-state index contributed by atoms with van der Waals surface area (Å²) in [4.78, 5) is 19.1. The van der Waals surface area contributed by atoms with E-state index < -0.39 is 0 Å². The van der Waals surface area contributed by atoms with E-state index in [1.165, 1.54) is 19.3 Å². The number of piperidine rings is 1. The van der Waals surface area contributed by atoms with Crippen molar-refractivity contribution in [2.75, 3.05) is 32.0 Å². The topological polar surface area (TPSA) is 81.9 Å². The van der Waals surface area contributed by atoms with Crippen molar-refractivity contribution in [2.24, 2.45) is 10.9 Å². The van der Waals surface area contributed by atoms with Crippen molar-refractivity contribution in [2.45, 2.75) is 51.1 Å². The van der Waals surface area contributed by atoms with Gasteiger partial charge in [-0.25, -0.2) is 0 Å². The predicted molar refractivity (Wildman–Crippen MR) is 127 cm³/mol. The van der Waals surface area contributed by atoms with Gasteiger partial charge < -0.3 is 20.4 Å². The average molecular weight is 438 g/mol. The SMILES string of the molecule is CN=C(NCc1cccc(NC(=O)C2CCC2)c1)NCC(c1ccco1)N1CCCCC1. The number of anilines is 1. The molecule has 3 N–H and O–H groups in total. The highest BCUT2D eigenvalue weighted by Gasteiger charge is 2.26. The third-order valence-corrected chi connectivity index (χ3v) is 6.52. The summed E-state index contributed by atoms with van der Waals surface area (Å²) in [5.41, 5.74) is 1.95. The van der Waals surface area contributed by atoms with Crippen LogP contribution >= 0.6 is 0 Å². The largest absolute Gasteiger partial charge is 0.468 e. The summed E-state index contributed by atoms with van der Waals surface area (Å²) in [5.74, 6) is 2.06. The van der Waals surface area contributed by atoms with Crippen molar-refractivity contribution >= 4 is 17.6 Å². The smallest absolute Gasteiger partial charge is 0.227 e. The fraction of sp³-hybridized carbons (Fsp3) is 0.520. The van der Waals surface area contributed by atoms with Gasteiger partial charge in [-0.1, -0.05) is 25.0 Å². The standard InChI is InChI=1S/C25H35N5O2/c1-26-25(28-18-22(23-12-7-15-32-23)30-13-3-2-4-14-30)27-17-19-8-5-11-21(16-19)29-24(31)20-9-6-10-20/h5,7-8,11-12,15-16,20,22H,2-4,6,9-10,13-14,17-18H2,1H3,(H,29,31)(H2,26,27,28). The molecule has 2 fully saturated rings. The zero-order valence-electron chi connectivity index (χ0n) is 19.0. The number of benzene rings is 1. The second-order valence-electron chi connectivity index (χ2n) is 8.75. The molecule has 1 unspecified atom stereocenters. The number of furan rings is 1. The molecule has 32 heavy (non-hydrogen) atoms. The summed E-state index contributed by atoms with van der Waals surface area (Å²) in [7, 11) is 1.79. The molecule has 2 aromatic rings. The molecule has 4 rings (SSSR count). The molecule has 7 nitrogen and oxygen atoms in total. The number of nitrogens with zero attached hydrogens (tertiary/aromatic N) is 2. The molecule has 1 aromatic heterocycles. The zero-order valence-corrected chi connectivity index (χ0v) is 19.0. The zero-order chi connectivity index (χ0) is 22.2. The molecule has 1 aliphatic heterocycles. The van der Waals surface area contributed by atoms with Gasteiger partial charge in [0, 0.05) is 31.7 Å². The number of hydrogen-bond donors (Lipinski definition) is 3. The van der Waals surface area contributed by atoms with Crippen molar-refractivity contribution in [1.29, 1.82) is 0 Å². The number of amides is 1. The number of guanidine groups is 1. The first-order valence-corrected chi connectivity index (χ1v) is 11.8. The van der Waals surface area contributed by atoms with E-state index in [0.717, 1.165) is 61.9 Å². The summed E-state index contributed by atoms with van der Waals surface area (Å²) in [5, 5.41) is 9.91. The normalized spacial score (nSPS) is 18.6. The van der Waals surface area contributed by atoms with E-state index in [2.05, 4.69) is 38.0 Å². The van der Waals surface area contributed by atoms with Crippen LogP contribution in [0, 0.1) is 5.92 Å². The van der Waals surface area contributed by atoms with E-state index >= 15 is 0 Å². The van der Waals surface area contributed by atoms with Crippen molar-refractivity contribution < 1.29 is 9.21 Å². The van der Waals surface area contributed by atoms with Gasteiger partial charge in [0.25, 0.3) is 0 Å². The first-order valence-electron chi connectivity index (χ1n) is 11.8. The van der Waals surface area contributed by atoms with Crippen LogP contribution in [0.15, 0.2) is 52.1 Å². The van der Waals surface area contributed by atoms with Crippen LogP contribution in [0.5, 0.6) is 0 Å². The molecule has 1 aromatic carbocycles. The van der Waals surface area contributed by atoms with Gasteiger partial charge in [-0.15, -0.1) is 0 Å². The number of hydrogen-bond acceptors (Lipinski definition) is 4. The molecule has 1 atom stereocenters. The lowest BCUT2D eigenvalue weighted by molar-refractivity contribution is -0.122. The first-order chi connectivity index (χ1) is 15.7. The van der Waals surface area contributed by atoms with E-state index in [1.54, 1.807) is 13.3 Å². The van der Waals surface area contributed by atoms with Crippen LogP contribution in [0.2, 0.25) is 0 Å². The second kappa shape index (κ2) is 11.2. The maximum absolute atomic E-state index is 12.2. The highest BCUT2D eigenvalue weighted by molar-refractivity contribution is 5.93. The molecule has 0 spiro atoms. The Hall–Kier alpha value is -2.80. The van der Waals surface area contributed by atoms with Gasteiger partial charge in [0.1, 0.15) is 5.76 Å². The molecule has 2 aliphatic rings. The fourth-order valence-corrected chi connectivity index (χ4v) is 4.39. The third-order valence-electron chi connectivity index (χ3n) is 6.52. The van der Waals surface area contributed by atoms with Crippen LogP contribution in [-0.2, 0) is 11.3 Å². The molecule has 0 bridgehead atoms. The number of aliphatic imine (C=N–C) groups is 1. The Balaban J connectivity index is 1.30. The maximum atomic E-state index is 12.2. The lowest BCUT2D eigenvalue weighted by atomic mass is 9.85. The Morgan fingerprint density at radius 2 is 1.97 bits per heavy atom. The lowest BCUT2D eigenvalue weighted by Gasteiger charge is -2.33.